The Morgan fingerprint density at radius 1 is 1.46 bits per heavy atom. The van der Waals surface area contributed by atoms with Gasteiger partial charge in [0.15, 0.2) is 0 Å². The van der Waals surface area contributed by atoms with Crippen LogP contribution in [-0.2, 0) is 0 Å². The molecule has 0 amide bonds. The van der Waals surface area contributed by atoms with E-state index in [4.69, 9.17) is 27.2 Å². The van der Waals surface area contributed by atoms with Gasteiger partial charge in [0, 0.05) is 13.0 Å². The van der Waals surface area contributed by atoms with Crippen molar-refractivity contribution in [1.82, 2.24) is 0 Å². The van der Waals surface area contributed by atoms with Crippen LogP contribution in [0.25, 0.3) is 0 Å². The average molecular weight is 202 g/mol. The van der Waals surface area contributed by atoms with E-state index in [1.54, 1.807) is 18.2 Å². The van der Waals surface area contributed by atoms with Crippen molar-refractivity contribution in [1.29, 1.82) is 0 Å². The zero-order chi connectivity index (χ0) is 9.68. The molecule has 0 bridgehead atoms. The maximum atomic E-state index is 8.53. The Bertz CT molecular complexity index is 278. The summed E-state index contributed by atoms with van der Waals surface area (Å²) in [5.41, 5.74) is 6.09. The average Bonchev–Trinajstić information content (AvgIpc) is 2.13. The summed E-state index contributed by atoms with van der Waals surface area (Å²) in [6.07, 6.45) is 0.589. The number of rotatable bonds is 4. The first-order chi connectivity index (χ1) is 6.25. The molecule has 13 heavy (non-hydrogen) atoms. The minimum Gasteiger partial charge on any atom is -0.491 e. The molecule has 4 heteroatoms. The van der Waals surface area contributed by atoms with Crippen LogP contribution in [0.2, 0.25) is 5.02 Å². The number of ether oxygens (including phenoxy) is 1. The van der Waals surface area contributed by atoms with E-state index in [2.05, 4.69) is 0 Å². The van der Waals surface area contributed by atoms with Gasteiger partial charge in [-0.15, -0.1) is 0 Å². The zero-order valence-corrected chi connectivity index (χ0v) is 7.92. The molecule has 0 saturated heterocycles. The van der Waals surface area contributed by atoms with Crippen LogP contribution in [0.15, 0.2) is 18.2 Å². The molecular weight excluding hydrogens is 190 g/mol. The van der Waals surface area contributed by atoms with Gasteiger partial charge in [0.25, 0.3) is 0 Å². The fourth-order valence-electron chi connectivity index (χ4n) is 0.890. The van der Waals surface area contributed by atoms with E-state index in [-0.39, 0.29) is 6.61 Å². The van der Waals surface area contributed by atoms with Crippen molar-refractivity contribution in [3.8, 4) is 5.75 Å². The Balaban J connectivity index is 2.61. The van der Waals surface area contributed by atoms with Crippen LogP contribution in [0.3, 0.4) is 0 Å². The molecule has 0 aliphatic carbocycles. The molecular formula is C9H12ClNO2. The molecule has 0 atom stereocenters. The minimum absolute atomic E-state index is 0.112. The second-order valence-corrected chi connectivity index (χ2v) is 2.98. The lowest BCUT2D eigenvalue weighted by Gasteiger charge is -2.08. The van der Waals surface area contributed by atoms with Crippen molar-refractivity contribution in [3.05, 3.63) is 23.2 Å². The standard InChI is InChI=1S/C9H12ClNO2/c10-7-3-1-4-8(9(7)11)13-6-2-5-12/h1,3-4,12H,2,5-6,11H2. The SMILES string of the molecule is Nc1c(Cl)cccc1OCCCO. The van der Waals surface area contributed by atoms with Crippen LogP contribution >= 0.6 is 11.6 Å². The van der Waals surface area contributed by atoms with Crippen LogP contribution < -0.4 is 10.5 Å². The van der Waals surface area contributed by atoms with Crippen LogP contribution in [0.4, 0.5) is 5.69 Å². The minimum atomic E-state index is 0.112. The number of nitrogen functional groups attached to an aromatic ring is 1. The van der Waals surface area contributed by atoms with E-state index in [1.165, 1.54) is 0 Å². The number of halogens is 1. The van der Waals surface area contributed by atoms with Crippen molar-refractivity contribution in [2.24, 2.45) is 0 Å². The Labute approximate surface area is 82.1 Å². The van der Waals surface area contributed by atoms with Gasteiger partial charge >= 0.3 is 0 Å². The Morgan fingerprint density at radius 2 is 2.23 bits per heavy atom. The van der Waals surface area contributed by atoms with Crippen molar-refractivity contribution < 1.29 is 9.84 Å². The summed E-state index contributed by atoms with van der Waals surface area (Å²) in [6.45, 7) is 0.557. The molecule has 1 aromatic rings. The third kappa shape index (κ3) is 2.79. The largest absolute Gasteiger partial charge is 0.491 e. The van der Waals surface area contributed by atoms with E-state index in [0.717, 1.165) is 0 Å². The summed E-state index contributed by atoms with van der Waals surface area (Å²) in [6, 6.07) is 5.22. The molecule has 0 aliphatic heterocycles. The number of hydrogen-bond acceptors (Lipinski definition) is 3. The van der Waals surface area contributed by atoms with E-state index >= 15 is 0 Å². The van der Waals surface area contributed by atoms with Gasteiger partial charge < -0.3 is 15.6 Å². The third-order valence-electron chi connectivity index (χ3n) is 1.57. The highest BCUT2D eigenvalue weighted by molar-refractivity contribution is 6.33. The summed E-state index contributed by atoms with van der Waals surface area (Å²) in [7, 11) is 0. The summed E-state index contributed by atoms with van der Waals surface area (Å²) in [4.78, 5) is 0. The maximum Gasteiger partial charge on any atom is 0.143 e. The van der Waals surface area contributed by atoms with Crippen molar-refractivity contribution in [2.45, 2.75) is 6.42 Å². The van der Waals surface area contributed by atoms with Crippen molar-refractivity contribution >= 4 is 17.3 Å². The molecule has 0 aromatic heterocycles. The van der Waals surface area contributed by atoms with Crippen LogP contribution in [0.1, 0.15) is 6.42 Å². The van der Waals surface area contributed by atoms with Gasteiger partial charge in [-0.1, -0.05) is 17.7 Å². The van der Waals surface area contributed by atoms with Gasteiger partial charge in [0.1, 0.15) is 5.75 Å². The first-order valence-electron chi connectivity index (χ1n) is 4.03. The predicted octanol–water partition coefficient (Wildman–Crippen LogP) is 1.68. The molecule has 72 valence electrons. The zero-order valence-electron chi connectivity index (χ0n) is 7.16. The Hall–Kier alpha value is -0.930. The second kappa shape index (κ2) is 4.94. The summed E-state index contributed by atoms with van der Waals surface area (Å²) in [5.74, 6) is 0.570. The molecule has 3 nitrogen and oxygen atoms in total. The Kier molecular flexibility index (Phi) is 3.86. The molecule has 0 unspecified atom stereocenters. The predicted molar refractivity (Wildman–Crippen MR) is 53.1 cm³/mol. The number of anilines is 1. The molecule has 0 fully saturated rings. The second-order valence-electron chi connectivity index (χ2n) is 2.58. The highest BCUT2D eigenvalue weighted by atomic mass is 35.5. The fourth-order valence-corrected chi connectivity index (χ4v) is 1.06. The third-order valence-corrected chi connectivity index (χ3v) is 1.90. The lowest BCUT2D eigenvalue weighted by Crippen LogP contribution is -2.02. The summed E-state index contributed by atoms with van der Waals surface area (Å²) in [5, 5.41) is 9.02. The molecule has 0 spiro atoms. The monoisotopic (exact) mass is 201 g/mol. The van der Waals surface area contributed by atoms with E-state index in [0.29, 0.717) is 29.5 Å². The number of para-hydroxylation sites is 1. The number of nitrogens with two attached hydrogens (primary N) is 1. The van der Waals surface area contributed by atoms with Gasteiger partial charge in [-0.05, 0) is 12.1 Å². The van der Waals surface area contributed by atoms with E-state index in [1.807, 2.05) is 0 Å². The summed E-state index contributed by atoms with van der Waals surface area (Å²) < 4.78 is 5.29. The molecule has 1 rings (SSSR count). The molecule has 0 saturated carbocycles. The highest BCUT2D eigenvalue weighted by Crippen LogP contribution is 2.28. The smallest absolute Gasteiger partial charge is 0.143 e. The summed E-state index contributed by atoms with van der Waals surface area (Å²) >= 11 is 5.77. The van der Waals surface area contributed by atoms with Crippen molar-refractivity contribution in [3.63, 3.8) is 0 Å². The van der Waals surface area contributed by atoms with Gasteiger partial charge in [-0.3, -0.25) is 0 Å². The number of hydrogen-bond donors (Lipinski definition) is 2. The molecule has 0 aliphatic rings. The van der Waals surface area contributed by atoms with Gasteiger partial charge in [0.05, 0.1) is 17.3 Å². The Morgan fingerprint density at radius 3 is 2.92 bits per heavy atom. The lowest BCUT2D eigenvalue weighted by atomic mass is 10.3. The van der Waals surface area contributed by atoms with Gasteiger partial charge in [-0.25, -0.2) is 0 Å². The molecule has 3 N–H and O–H groups in total. The van der Waals surface area contributed by atoms with Crippen LogP contribution in [-0.4, -0.2) is 18.3 Å². The topological polar surface area (TPSA) is 55.5 Å². The highest BCUT2D eigenvalue weighted by Gasteiger charge is 2.02. The van der Waals surface area contributed by atoms with Gasteiger partial charge in [0.2, 0.25) is 0 Å². The van der Waals surface area contributed by atoms with Crippen LogP contribution in [0.5, 0.6) is 5.75 Å². The number of aliphatic hydroxyl groups excluding tert-OH is 1. The van der Waals surface area contributed by atoms with E-state index < -0.39 is 0 Å². The number of benzene rings is 1. The van der Waals surface area contributed by atoms with Crippen LogP contribution in [0, 0.1) is 0 Å². The fraction of sp³-hybridized carbons (Fsp3) is 0.333. The quantitative estimate of drug-likeness (QED) is 0.576. The maximum absolute atomic E-state index is 8.53. The number of aliphatic hydroxyl groups is 1. The van der Waals surface area contributed by atoms with Gasteiger partial charge in [-0.2, -0.15) is 0 Å². The molecule has 0 heterocycles. The molecule has 1 aromatic carbocycles. The first-order valence-corrected chi connectivity index (χ1v) is 4.41. The van der Waals surface area contributed by atoms with E-state index in [9.17, 15) is 0 Å². The lowest BCUT2D eigenvalue weighted by molar-refractivity contribution is 0.234. The normalized spacial score (nSPS) is 10.0. The first kappa shape index (κ1) is 10.2. The molecule has 0 radical (unpaired) electrons. The van der Waals surface area contributed by atoms with Crippen molar-refractivity contribution in [2.75, 3.05) is 18.9 Å².